The van der Waals surface area contributed by atoms with Crippen molar-refractivity contribution in [2.45, 2.75) is 6.92 Å². The van der Waals surface area contributed by atoms with Crippen LogP contribution < -0.4 is 5.73 Å². The molecule has 0 aromatic heterocycles. The maximum atomic E-state index is 12.1. The lowest BCUT2D eigenvalue weighted by atomic mass is 10.2. The van der Waals surface area contributed by atoms with Gasteiger partial charge in [0, 0.05) is 15.7 Å². The number of rotatable bonds is 4. The SMILES string of the molecule is CCN(CC(N)=NO)C(=O)c1ccc(I)cc1. The van der Waals surface area contributed by atoms with E-state index >= 15 is 0 Å². The van der Waals surface area contributed by atoms with Gasteiger partial charge >= 0.3 is 0 Å². The number of benzene rings is 1. The molecule has 0 heterocycles. The van der Waals surface area contributed by atoms with E-state index in [1.165, 1.54) is 4.90 Å². The normalized spacial score (nSPS) is 11.3. The van der Waals surface area contributed by atoms with Crippen molar-refractivity contribution in [2.24, 2.45) is 10.9 Å². The Morgan fingerprint density at radius 2 is 2.06 bits per heavy atom. The average molecular weight is 347 g/mol. The summed E-state index contributed by atoms with van der Waals surface area (Å²) in [4.78, 5) is 13.6. The minimum absolute atomic E-state index is 0.0192. The highest BCUT2D eigenvalue weighted by Gasteiger charge is 2.15. The number of nitrogens with zero attached hydrogens (tertiary/aromatic N) is 2. The molecule has 17 heavy (non-hydrogen) atoms. The van der Waals surface area contributed by atoms with Gasteiger partial charge in [-0.15, -0.1) is 0 Å². The molecule has 0 aliphatic heterocycles. The van der Waals surface area contributed by atoms with Crippen LogP contribution in [0.3, 0.4) is 0 Å². The predicted molar refractivity (Wildman–Crippen MR) is 74.1 cm³/mol. The van der Waals surface area contributed by atoms with Gasteiger partial charge in [-0.2, -0.15) is 0 Å². The maximum absolute atomic E-state index is 12.1. The zero-order valence-electron chi connectivity index (χ0n) is 9.43. The van der Waals surface area contributed by atoms with Crippen LogP contribution in [0.15, 0.2) is 29.4 Å². The van der Waals surface area contributed by atoms with Crippen LogP contribution in [-0.4, -0.2) is 34.9 Å². The van der Waals surface area contributed by atoms with Crippen molar-refractivity contribution in [1.82, 2.24) is 4.90 Å². The molecule has 92 valence electrons. The molecule has 0 radical (unpaired) electrons. The number of amides is 1. The molecule has 0 atom stereocenters. The zero-order valence-corrected chi connectivity index (χ0v) is 11.6. The van der Waals surface area contributed by atoms with Gasteiger partial charge < -0.3 is 15.8 Å². The molecule has 0 bridgehead atoms. The van der Waals surface area contributed by atoms with E-state index in [4.69, 9.17) is 10.9 Å². The number of likely N-dealkylation sites (N-methyl/N-ethyl adjacent to an activating group) is 1. The standard InChI is InChI=1S/C11H14IN3O2/c1-2-15(7-10(13)14-17)11(16)8-3-5-9(12)6-4-8/h3-6,17H,2,7H2,1H3,(H2,13,14). The second-order valence-corrected chi connectivity index (χ2v) is 4.66. The summed E-state index contributed by atoms with van der Waals surface area (Å²) < 4.78 is 1.07. The van der Waals surface area contributed by atoms with Gasteiger partial charge in [-0.3, -0.25) is 4.79 Å². The number of amidine groups is 1. The van der Waals surface area contributed by atoms with Crippen LogP contribution in [0.4, 0.5) is 0 Å². The average Bonchev–Trinajstić information content (AvgIpc) is 2.35. The molecule has 0 unspecified atom stereocenters. The van der Waals surface area contributed by atoms with E-state index in [9.17, 15) is 4.79 Å². The summed E-state index contributed by atoms with van der Waals surface area (Å²) >= 11 is 2.18. The second kappa shape index (κ2) is 6.43. The molecule has 1 aromatic carbocycles. The van der Waals surface area contributed by atoms with Gasteiger partial charge in [-0.25, -0.2) is 0 Å². The van der Waals surface area contributed by atoms with Crippen molar-refractivity contribution in [1.29, 1.82) is 0 Å². The fourth-order valence-corrected chi connectivity index (χ4v) is 1.69. The van der Waals surface area contributed by atoms with Gasteiger partial charge in [-0.05, 0) is 53.8 Å². The van der Waals surface area contributed by atoms with Crippen molar-refractivity contribution in [3.63, 3.8) is 0 Å². The maximum Gasteiger partial charge on any atom is 0.254 e. The number of carbonyl (C=O) groups is 1. The molecule has 1 rings (SSSR count). The van der Waals surface area contributed by atoms with Gasteiger partial charge in [0.15, 0.2) is 5.84 Å². The monoisotopic (exact) mass is 347 g/mol. The number of nitrogens with two attached hydrogens (primary N) is 1. The smallest absolute Gasteiger partial charge is 0.254 e. The van der Waals surface area contributed by atoms with E-state index in [2.05, 4.69) is 27.7 Å². The van der Waals surface area contributed by atoms with Crippen LogP contribution in [0.25, 0.3) is 0 Å². The summed E-state index contributed by atoms with van der Waals surface area (Å²) in [6, 6.07) is 7.26. The first-order valence-corrected chi connectivity index (χ1v) is 6.17. The summed E-state index contributed by atoms with van der Waals surface area (Å²) in [5.41, 5.74) is 5.99. The summed E-state index contributed by atoms with van der Waals surface area (Å²) in [7, 11) is 0. The number of hydrogen-bond donors (Lipinski definition) is 2. The predicted octanol–water partition coefficient (Wildman–Crippen LogP) is 1.50. The molecular formula is C11H14IN3O2. The fourth-order valence-electron chi connectivity index (χ4n) is 1.33. The third-order valence-electron chi connectivity index (χ3n) is 2.24. The fraction of sp³-hybridized carbons (Fsp3) is 0.273. The topological polar surface area (TPSA) is 78.9 Å². The molecule has 1 aromatic rings. The molecule has 5 nitrogen and oxygen atoms in total. The minimum Gasteiger partial charge on any atom is -0.409 e. The van der Waals surface area contributed by atoms with Crippen LogP contribution in [0.5, 0.6) is 0 Å². The van der Waals surface area contributed by atoms with E-state index in [0.717, 1.165) is 3.57 Å². The lowest BCUT2D eigenvalue weighted by molar-refractivity contribution is 0.0786. The minimum atomic E-state index is -0.129. The third-order valence-corrected chi connectivity index (χ3v) is 2.96. The third kappa shape index (κ3) is 3.88. The van der Waals surface area contributed by atoms with Gasteiger partial charge in [0.2, 0.25) is 0 Å². The first kappa shape index (κ1) is 13.8. The van der Waals surface area contributed by atoms with Gasteiger partial charge in [0.25, 0.3) is 5.91 Å². The number of oxime groups is 1. The highest BCUT2D eigenvalue weighted by atomic mass is 127. The highest BCUT2D eigenvalue weighted by Crippen LogP contribution is 2.09. The Bertz CT molecular complexity index is 417. The summed E-state index contributed by atoms with van der Waals surface area (Å²) in [6.45, 7) is 2.47. The van der Waals surface area contributed by atoms with Crippen molar-refractivity contribution in [3.8, 4) is 0 Å². The van der Waals surface area contributed by atoms with Crippen molar-refractivity contribution in [3.05, 3.63) is 33.4 Å². The van der Waals surface area contributed by atoms with Crippen molar-refractivity contribution < 1.29 is 10.0 Å². The van der Waals surface area contributed by atoms with Crippen LogP contribution in [0, 0.1) is 3.57 Å². The summed E-state index contributed by atoms with van der Waals surface area (Å²) in [5, 5.41) is 11.4. The van der Waals surface area contributed by atoms with Gasteiger partial charge in [0.1, 0.15) is 0 Å². The van der Waals surface area contributed by atoms with E-state index < -0.39 is 0 Å². The van der Waals surface area contributed by atoms with Crippen molar-refractivity contribution in [2.75, 3.05) is 13.1 Å². The van der Waals surface area contributed by atoms with Crippen LogP contribution in [0.2, 0.25) is 0 Å². The molecule has 0 saturated carbocycles. The summed E-state index contributed by atoms with van der Waals surface area (Å²) in [5.74, 6) is -0.110. The molecule has 6 heteroatoms. The molecule has 3 N–H and O–H groups in total. The molecular weight excluding hydrogens is 333 g/mol. The van der Waals surface area contributed by atoms with Crippen LogP contribution in [-0.2, 0) is 0 Å². The Morgan fingerprint density at radius 1 is 1.47 bits per heavy atom. The Hall–Kier alpha value is -1.31. The Kier molecular flexibility index (Phi) is 5.20. The van der Waals surface area contributed by atoms with E-state index in [1.54, 1.807) is 12.1 Å². The van der Waals surface area contributed by atoms with Gasteiger partial charge in [0.05, 0.1) is 6.54 Å². The lowest BCUT2D eigenvalue weighted by Crippen LogP contribution is -2.38. The van der Waals surface area contributed by atoms with Crippen LogP contribution in [0.1, 0.15) is 17.3 Å². The van der Waals surface area contributed by atoms with Gasteiger partial charge in [-0.1, -0.05) is 5.16 Å². The molecule has 0 fully saturated rings. The number of halogens is 1. The highest BCUT2D eigenvalue weighted by molar-refractivity contribution is 14.1. The van der Waals surface area contributed by atoms with E-state index in [1.807, 2.05) is 19.1 Å². The zero-order chi connectivity index (χ0) is 12.8. The molecule has 0 aliphatic rings. The van der Waals surface area contributed by atoms with E-state index in [0.29, 0.717) is 12.1 Å². The quantitative estimate of drug-likeness (QED) is 0.285. The van der Waals surface area contributed by atoms with E-state index in [-0.39, 0.29) is 18.3 Å². The Balaban J connectivity index is 2.82. The molecule has 0 saturated heterocycles. The van der Waals surface area contributed by atoms with Crippen molar-refractivity contribution >= 4 is 34.3 Å². The number of carbonyl (C=O) groups excluding carboxylic acids is 1. The first-order valence-electron chi connectivity index (χ1n) is 5.09. The molecule has 0 spiro atoms. The lowest BCUT2D eigenvalue weighted by Gasteiger charge is -2.19. The second-order valence-electron chi connectivity index (χ2n) is 3.42. The molecule has 0 aliphatic carbocycles. The number of hydrogen-bond acceptors (Lipinski definition) is 3. The van der Waals surface area contributed by atoms with Crippen LogP contribution >= 0.6 is 22.6 Å². The largest absolute Gasteiger partial charge is 0.409 e. The Labute approximate surface area is 113 Å². The Morgan fingerprint density at radius 3 is 2.53 bits per heavy atom. The first-order chi connectivity index (χ1) is 8.08. The molecule has 1 amide bonds. The summed E-state index contributed by atoms with van der Waals surface area (Å²) in [6.07, 6.45) is 0.